The van der Waals surface area contributed by atoms with E-state index < -0.39 is 0 Å². The summed E-state index contributed by atoms with van der Waals surface area (Å²) in [6.45, 7) is 2.96. The molecule has 7 heteroatoms. The highest BCUT2D eigenvalue weighted by molar-refractivity contribution is 5.98. The Labute approximate surface area is 151 Å². The number of carbonyl (C=O) groups is 1. The molecule has 1 saturated heterocycles. The summed E-state index contributed by atoms with van der Waals surface area (Å²) < 4.78 is 16.9. The lowest BCUT2D eigenvalue weighted by Crippen LogP contribution is -2.40. The lowest BCUT2D eigenvalue weighted by molar-refractivity contribution is 0.0648. The Morgan fingerprint density at radius 2 is 1.88 bits per heavy atom. The van der Waals surface area contributed by atoms with Crippen molar-refractivity contribution in [2.45, 2.75) is 12.8 Å². The molecular formula is C19H21N3O4. The van der Waals surface area contributed by atoms with Crippen LogP contribution in [0.5, 0.6) is 17.5 Å². The maximum atomic E-state index is 12.9. The standard InChI is InChI=1S/C19H21N3O4/c23-18(15-3-1-4-16-17(15)25-12-11-24-16)22-9-5-14(6-10-22)13-26-19-20-7-2-8-21-19/h1-4,7-8,14H,5-6,9-13H2. The second-order valence-corrected chi connectivity index (χ2v) is 6.41. The molecule has 0 atom stereocenters. The van der Waals surface area contributed by atoms with Gasteiger partial charge in [0.2, 0.25) is 0 Å². The summed E-state index contributed by atoms with van der Waals surface area (Å²) in [5.74, 6) is 1.61. The number of carbonyl (C=O) groups excluding carboxylic acids is 1. The first-order chi connectivity index (χ1) is 12.8. The summed E-state index contributed by atoms with van der Waals surface area (Å²) in [5.41, 5.74) is 0.578. The third-order valence-electron chi connectivity index (χ3n) is 4.69. The summed E-state index contributed by atoms with van der Waals surface area (Å²) in [6, 6.07) is 7.63. The third kappa shape index (κ3) is 3.56. The van der Waals surface area contributed by atoms with E-state index in [1.807, 2.05) is 17.0 Å². The summed E-state index contributed by atoms with van der Waals surface area (Å²) in [5, 5.41) is 0. The smallest absolute Gasteiger partial charge is 0.316 e. The minimum atomic E-state index is -0.00175. The van der Waals surface area contributed by atoms with Gasteiger partial charge in [-0.3, -0.25) is 4.79 Å². The first-order valence-electron chi connectivity index (χ1n) is 8.89. The number of likely N-dealkylation sites (tertiary alicyclic amines) is 1. The maximum absolute atomic E-state index is 12.9. The first kappa shape index (κ1) is 16.6. The van der Waals surface area contributed by atoms with E-state index in [2.05, 4.69) is 9.97 Å². The highest BCUT2D eigenvalue weighted by atomic mass is 16.6. The van der Waals surface area contributed by atoms with Crippen LogP contribution in [0.25, 0.3) is 0 Å². The number of nitrogens with zero attached hydrogens (tertiary/aromatic N) is 3. The molecule has 0 radical (unpaired) electrons. The number of fused-ring (bicyclic) bond motifs is 1. The van der Waals surface area contributed by atoms with Gasteiger partial charge in [0.25, 0.3) is 5.91 Å². The minimum Gasteiger partial charge on any atom is -0.486 e. The zero-order valence-corrected chi connectivity index (χ0v) is 14.5. The minimum absolute atomic E-state index is 0.00175. The SMILES string of the molecule is O=C(c1cccc2c1OCCO2)N1CCC(COc2ncccn2)CC1. The van der Waals surface area contributed by atoms with Crippen LogP contribution in [0.1, 0.15) is 23.2 Å². The highest BCUT2D eigenvalue weighted by Gasteiger charge is 2.28. The normalized spacial score (nSPS) is 17.0. The number of hydrogen-bond acceptors (Lipinski definition) is 6. The number of piperidine rings is 1. The van der Waals surface area contributed by atoms with Crippen molar-refractivity contribution in [3.63, 3.8) is 0 Å². The van der Waals surface area contributed by atoms with E-state index in [1.165, 1.54) is 0 Å². The van der Waals surface area contributed by atoms with Gasteiger partial charge in [-0.1, -0.05) is 6.07 Å². The van der Waals surface area contributed by atoms with Crippen molar-refractivity contribution in [3.8, 4) is 17.5 Å². The Bertz CT molecular complexity index is 761. The monoisotopic (exact) mass is 355 g/mol. The van der Waals surface area contributed by atoms with Gasteiger partial charge < -0.3 is 19.1 Å². The molecule has 3 heterocycles. The summed E-state index contributed by atoms with van der Waals surface area (Å²) in [7, 11) is 0. The van der Waals surface area contributed by atoms with Gasteiger partial charge in [0.15, 0.2) is 11.5 Å². The fraction of sp³-hybridized carbons (Fsp3) is 0.421. The van der Waals surface area contributed by atoms with Crippen molar-refractivity contribution in [1.82, 2.24) is 14.9 Å². The van der Waals surface area contributed by atoms with Crippen molar-refractivity contribution < 1.29 is 19.0 Å². The number of ether oxygens (including phenoxy) is 3. The number of hydrogen-bond donors (Lipinski definition) is 0. The number of benzene rings is 1. The van der Waals surface area contributed by atoms with Crippen LogP contribution in [-0.4, -0.2) is 53.7 Å². The molecule has 7 nitrogen and oxygen atoms in total. The third-order valence-corrected chi connectivity index (χ3v) is 4.69. The molecule has 1 fully saturated rings. The fourth-order valence-corrected chi connectivity index (χ4v) is 3.27. The van der Waals surface area contributed by atoms with Crippen LogP contribution in [0.3, 0.4) is 0 Å². The topological polar surface area (TPSA) is 73.8 Å². The van der Waals surface area contributed by atoms with Gasteiger partial charge in [-0.25, -0.2) is 9.97 Å². The molecule has 0 saturated carbocycles. The van der Waals surface area contributed by atoms with E-state index in [4.69, 9.17) is 14.2 Å². The molecule has 4 rings (SSSR count). The predicted molar refractivity (Wildman–Crippen MR) is 93.6 cm³/mol. The van der Waals surface area contributed by atoms with Crippen LogP contribution in [0.15, 0.2) is 36.7 Å². The van der Waals surface area contributed by atoms with E-state index in [1.54, 1.807) is 24.5 Å². The largest absolute Gasteiger partial charge is 0.486 e. The van der Waals surface area contributed by atoms with E-state index in [-0.39, 0.29) is 5.91 Å². The maximum Gasteiger partial charge on any atom is 0.316 e. The molecule has 1 aromatic heterocycles. The molecule has 0 aliphatic carbocycles. The van der Waals surface area contributed by atoms with Gasteiger partial charge in [0.1, 0.15) is 13.2 Å². The Morgan fingerprint density at radius 3 is 2.69 bits per heavy atom. The van der Waals surface area contributed by atoms with Crippen molar-refractivity contribution in [3.05, 3.63) is 42.2 Å². The molecule has 2 aromatic rings. The van der Waals surface area contributed by atoms with Gasteiger partial charge in [-0.2, -0.15) is 0 Å². The number of aromatic nitrogens is 2. The number of rotatable bonds is 4. The number of para-hydroxylation sites is 1. The lowest BCUT2D eigenvalue weighted by atomic mass is 9.97. The molecule has 136 valence electrons. The molecule has 0 spiro atoms. The average molecular weight is 355 g/mol. The molecule has 0 unspecified atom stereocenters. The zero-order chi connectivity index (χ0) is 17.8. The molecule has 0 N–H and O–H groups in total. The van der Waals surface area contributed by atoms with E-state index in [0.717, 1.165) is 12.8 Å². The van der Waals surface area contributed by atoms with Crippen LogP contribution in [0, 0.1) is 5.92 Å². The first-order valence-corrected chi connectivity index (χ1v) is 8.89. The summed E-state index contributed by atoms with van der Waals surface area (Å²) in [6.07, 6.45) is 5.11. The highest BCUT2D eigenvalue weighted by Crippen LogP contribution is 2.34. The second kappa shape index (κ2) is 7.59. The lowest BCUT2D eigenvalue weighted by Gasteiger charge is -2.32. The van der Waals surface area contributed by atoms with Gasteiger partial charge in [0.05, 0.1) is 12.2 Å². The van der Waals surface area contributed by atoms with Crippen molar-refractivity contribution >= 4 is 5.91 Å². The second-order valence-electron chi connectivity index (χ2n) is 6.41. The summed E-state index contributed by atoms with van der Waals surface area (Å²) >= 11 is 0. The number of amides is 1. The Kier molecular flexibility index (Phi) is 4.86. The van der Waals surface area contributed by atoms with Crippen molar-refractivity contribution in [2.24, 2.45) is 5.92 Å². The Morgan fingerprint density at radius 1 is 1.12 bits per heavy atom. The van der Waals surface area contributed by atoms with Gasteiger partial charge in [-0.05, 0) is 37.0 Å². The van der Waals surface area contributed by atoms with Crippen LogP contribution in [0.2, 0.25) is 0 Å². The molecule has 2 aliphatic heterocycles. The van der Waals surface area contributed by atoms with Crippen LogP contribution >= 0.6 is 0 Å². The molecule has 1 amide bonds. The summed E-state index contributed by atoms with van der Waals surface area (Å²) in [4.78, 5) is 22.9. The zero-order valence-electron chi connectivity index (χ0n) is 14.5. The van der Waals surface area contributed by atoms with Gasteiger partial charge in [-0.15, -0.1) is 0 Å². The van der Waals surface area contributed by atoms with Gasteiger partial charge >= 0.3 is 6.01 Å². The molecule has 26 heavy (non-hydrogen) atoms. The quantitative estimate of drug-likeness (QED) is 0.837. The van der Waals surface area contributed by atoms with Crippen molar-refractivity contribution in [1.29, 1.82) is 0 Å². The van der Waals surface area contributed by atoms with E-state index in [0.29, 0.717) is 61.9 Å². The average Bonchev–Trinajstić information content (AvgIpc) is 2.72. The van der Waals surface area contributed by atoms with Crippen LogP contribution in [-0.2, 0) is 0 Å². The fourth-order valence-electron chi connectivity index (χ4n) is 3.27. The molecule has 0 bridgehead atoms. The Hall–Kier alpha value is -2.83. The molecular weight excluding hydrogens is 334 g/mol. The predicted octanol–water partition coefficient (Wildman–Crippen LogP) is 2.18. The Balaban J connectivity index is 1.34. The molecule has 1 aromatic carbocycles. The van der Waals surface area contributed by atoms with E-state index in [9.17, 15) is 4.79 Å². The van der Waals surface area contributed by atoms with Crippen LogP contribution < -0.4 is 14.2 Å². The molecule has 2 aliphatic rings. The van der Waals surface area contributed by atoms with Crippen LogP contribution in [0.4, 0.5) is 0 Å². The van der Waals surface area contributed by atoms with Crippen molar-refractivity contribution in [2.75, 3.05) is 32.9 Å². The van der Waals surface area contributed by atoms with E-state index >= 15 is 0 Å². The van der Waals surface area contributed by atoms with Gasteiger partial charge in [0, 0.05) is 25.5 Å².